The molecule has 0 saturated carbocycles. The van der Waals surface area contributed by atoms with E-state index < -0.39 is 25.8 Å². The van der Waals surface area contributed by atoms with Gasteiger partial charge in [-0.05, 0) is 50.3 Å². The average Bonchev–Trinajstić information content (AvgIpc) is 2.64. The molecule has 0 amide bonds. The van der Waals surface area contributed by atoms with Gasteiger partial charge in [0.2, 0.25) is 0 Å². The number of sulfonamides is 2. The fraction of sp³-hybridized carbons (Fsp3) is 0.100. The summed E-state index contributed by atoms with van der Waals surface area (Å²) in [6.07, 6.45) is 3.28. The van der Waals surface area contributed by atoms with E-state index in [0.717, 1.165) is 23.3 Å². The van der Waals surface area contributed by atoms with Crippen molar-refractivity contribution in [2.75, 3.05) is 0 Å². The van der Waals surface area contributed by atoms with E-state index in [1.807, 2.05) is 13.8 Å². The van der Waals surface area contributed by atoms with Crippen molar-refractivity contribution in [3.05, 3.63) is 83.6 Å². The van der Waals surface area contributed by atoms with E-state index in [1.165, 1.54) is 30.3 Å². The van der Waals surface area contributed by atoms with Crippen LogP contribution < -0.4 is 4.72 Å². The molecule has 29 heavy (non-hydrogen) atoms. The lowest BCUT2D eigenvalue weighted by Gasteiger charge is -2.14. The summed E-state index contributed by atoms with van der Waals surface area (Å²) in [6.45, 7) is 3.64. The fourth-order valence-electron chi connectivity index (χ4n) is 2.49. The summed E-state index contributed by atoms with van der Waals surface area (Å²) in [5.41, 5.74) is 1.37. The van der Waals surface area contributed by atoms with E-state index in [1.54, 1.807) is 24.3 Å². The summed E-state index contributed by atoms with van der Waals surface area (Å²) in [4.78, 5) is 11.7. The molecule has 0 spiro atoms. The second-order valence-corrected chi connectivity index (χ2v) is 9.76. The van der Waals surface area contributed by atoms with Gasteiger partial charge in [-0.3, -0.25) is 9.52 Å². The average molecular weight is 431 g/mol. The Balaban J connectivity index is 1.98. The Morgan fingerprint density at radius 1 is 0.759 bits per heavy atom. The summed E-state index contributed by atoms with van der Waals surface area (Å²) in [6, 6.07) is 12.2. The standard InChI is InChI=1S/C20H18N2O5S2/c1-14-3-8-17(9-4-14)28(24,25)21-19-12-7-16(23)13-20(19)22-29(26,27)18-10-5-15(2)6-11-18/h3-13,22H,1-2H3/b21-19-. The highest BCUT2D eigenvalue weighted by molar-refractivity contribution is 7.90. The summed E-state index contributed by atoms with van der Waals surface area (Å²) in [7, 11) is -8.14. The number of ketones is 1. The maximum absolute atomic E-state index is 12.6. The number of carbonyl (C=O) groups excluding carboxylic acids is 1. The molecule has 1 aliphatic carbocycles. The predicted octanol–water partition coefficient (Wildman–Crippen LogP) is 2.43. The van der Waals surface area contributed by atoms with Gasteiger partial charge in [0.25, 0.3) is 20.0 Å². The monoisotopic (exact) mass is 430 g/mol. The number of benzene rings is 2. The Bertz CT molecular complexity index is 1250. The minimum atomic E-state index is -4.10. The van der Waals surface area contributed by atoms with Crippen molar-refractivity contribution in [2.45, 2.75) is 23.6 Å². The number of hydrogen-bond acceptors (Lipinski definition) is 5. The fourth-order valence-corrected chi connectivity index (χ4v) is 4.56. The number of nitrogens with one attached hydrogen (secondary N) is 1. The van der Waals surface area contributed by atoms with Crippen LogP contribution in [0.15, 0.2) is 86.6 Å². The van der Waals surface area contributed by atoms with Gasteiger partial charge in [0.1, 0.15) is 5.71 Å². The Hall–Kier alpha value is -3.04. The van der Waals surface area contributed by atoms with Crippen molar-refractivity contribution in [1.82, 2.24) is 4.72 Å². The molecule has 2 aromatic carbocycles. The zero-order valence-electron chi connectivity index (χ0n) is 15.7. The highest BCUT2D eigenvalue weighted by Gasteiger charge is 2.23. The molecule has 0 radical (unpaired) electrons. The lowest BCUT2D eigenvalue weighted by molar-refractivity contribution is -0.110. The van der Waals surface area contributed by atoms with Gasteiger partial charge >= 0.3 is 0 Å². The molecule has 0 unspecified atom stereocenters. The van der Waals surface area contributed by atoms with Crippen LogP contribution in [0.4, 0.5) is 0 Å². The molecule has 3 rings (SSSR count). The third-order valence-corrected chi connectivity index (χ3v) is 6.77. The largest absolute Gasteiger partial charge is 0.290 e. The van der Waals surface area contributed by atoms with Crippen molar-refractivity contribution >= 4 is 31.5 Å². The van der Waals surface area contributed by atoms with Crippen molar-refractivity contribution in [3.63, 3.8) is 0 Å². The van der Waals surface area contributed by atoms with Gasteiger partial charge in [0, 0.05) is 6.08 Å². The molecule has 0 heterocycles. The lowest BCUT2D eigenvalue weighted by Crippen LogP contribution is -2.29. The number of allylic oxidation sites excluding steroid dienone is 3. The van der Waals surface area contributed by atoms with Gasteiger partial charge in [-0.1, -0.05) is 35.4 Å². The van der Waals surface area contributed by atoms with Crippen LogP contribution in [0.5, 0.6) is 0 Å². The molecule has 1 aliphatic rings. The molecule has 9 heteroatoms. The number of nitrogens with zero attached hydrogens (tertiary/aromatic N) is 1. The normalized spacial score (nSPS) is 16.0. The molecular weight excluding hydrogens is 412 g/mol. The second-order valence-electron chi connectivity index (χ2n) is 6.48. The minimum Gasteiger partial charge on any atom is -0.290 e. The Kier molecular flexibility index (Phi) is 5.54. The third kappa shape index (κ3) is 4.87. The van der Waals surface area contributed by atoms with E-state index in [2.05, 4.69) is 9.12 Å². The molecule has 0 fully saturated rings. The minimum absolute atomic E-state index is 0.0215. The Morgan fingerprint density at radius 2 is 1.28 bits per heavy atom. The van der Waals surface area contributed by atoms with Gasteiger partial charge in [-0.25, -0.2) is 8.42 Å². The summed E-state index contributed by atoms with van der Waals surface area (Å²) in [5, 5.41) is 0. The van der Waals surface area contributed by atoms with Gasteiger partial charge in [0.05, 0.1) is 15.5 Å². The zero-order valence-corrected chi connectivity index (χ0v) is 17.3. The smallest absolute Gasteiger partial charge is 0.282 e. The van der Waals surface area contributed by atoms with Crippen LogP contribution in [0.2, 0.25) is 0 Å². The quantitative estimate of drug-likeness (QED) is 0.733. The number of hydrogen-bond donors (Lipinski definition) is 1. The Morgan fingerprint density at radius 3 is 1.83 bits per heavy atom. The van der Waals surface area contributed by atoms with E-state index in [0.29, 0.717) is 0 Å². The van der Waals surface area contributed by atoms with Gasteiger partial charge in [-0.15, -0.1) is 0 Å². The van der Waals surface area contributed by atoms with Crippen LogP contribution in [-0.2, 0) is 24.8 Å². The topological polar surface area (TPSA) is 110 Å². The highest BCUT2D eigenvalue weighted by atomic mass is 32.2. The lowest BCUT2D eigenvalue weighted by atomic mass is 10.1. The zero-order chi connectivity index (χ0) is 21.2. The first-order chi connectivity index (χ1) is 13.6. The van der Waals surface area contributed by atoms with Gasteiger partial charge < -0.3 is 0 Å². The van der Waals surface area contributed by atoms with Crippen molar-refractivity contribution in [3.8, 4) is 0 Å². The first-order valence-electron chi connectivity index (χ1n) is 8.52. The number of carbonyl (C=O) groups is 1. The first-order valence-corrected chi connectivity index (χ1v) is 11.4. The van der Waals surface area contributed by atoms with Gasteiger partial charge in [-0.2, -0.15) is 12.8 Å². The molecule has 150 valence electrons. The van der Waals surface area contributed by atoms with Crippen LogP contribution in [0, 0.1) is 13.8 Å². The van der Waals surface area contributed by atoms with Crippen LogP contribution in [-0.4, -0.2) is 28.3 Å². The van der Waals surface area contributed by atoms with Crippen LogP contribution in [0.3, 0.4) is 0 Å². The summed E-state index contributed by atoms with van der Waals surface area (Å²) >= 11 is 0. The molecule has 0 atom stereocenters. The molecule has 0 aromatic heterocycles. The van der Waals surface area contributed by atoms with Crippen molar-refractivity contribution in [1.29, 1.82) is 0 Å². The maximum Gasteiger partial charge on any atom is 0.282 e. The highest BCUT2D eigenvalue weighted by Crippen LogP contribution is 2.18. The molecule has 0 saturated heterocycles. The van der Waals surface area contributed by atoms with E-state index in [4.69, 9.17) is 0 Å². The predicted molar refractivity (Wildman–Crippen MR) is 110 cm³/mol. The van der Waals surface area contributed by atoms with E-state index >= 15 is 0 Å². The molecule has 0 bridgehead atoms. The molecule has 1 N–H and O–H groups in total. The van der Waals surface area contributed by atoms with Gasteiger partial charge in [0.15, 0.2) is 5.78 Å². The summed E-state index contributed by atoms with van der Waals surface area (Å²) in [5.74, 6) is -0.488. The van der Waals surface area contributed by atoms with Crippen LogP contribution >= 0.6 is 0 Å². The van der Waals surface area contributed by atoms with Crippen LogP contribution in [0.1, 0.15) is 11.1 Å². The second kappa shape index (κ2) is 7.76. The van der Waals surface area contributed by atoms with E-state index in [9.17, 15) is 21.6 Å². The number of rotatable bonds is 5. The molecule has 2 aromatic rings. The van der Waals surface area contributed by atoms with Crippen LogP contribution in [0.25, 0.3) is 0 Å². The number of aryl methyl sites for hydroxylation is 2. The summed E-state index contributed by atoms with van der Waals surface area (Å²) < 4.78 is 56.5. The molecule has 7 nitrogen and oxygen atoms in total. The van der Waals surface area contributed by atoms with Crippen molar-refractivity contribution in [2.24, 2.45) is 4.40 Å². The SMILES string of the molecule is Cc1ccc(S(=O)(=O)/N=C2/C=CC(=O)C=C2NS(=O)(=O)c2ccc(C)cc2)cc1. The molecular formula is C20H18N2O5S2. The molecule has 0 aliphatic heterocycles. The van der Waals surface area contributed by atoms with E-state index in [-0.39, 0.29) is 21.2 Å². The maximum atomic E-state index is 12.6. The third-order valence-electron chi connectivity index (χ3n) is 4.08. The van der Waals surface area contributed by atoms with Crippen molar-refractivity contribution < 1.29 is 21.6 Å². The first kappa shape index (κ1) is 20.7. The Labute approximate surface area is 169 Å².